The monoisotopic (exact) mass is 365 g/mol. The van der Waals surface area contributed by atoms with Gasteiger partial charge >= 0.3 is 0 Å². The van der Waals surface area contributed by atoms with E-state index in [1.54, 1.807) is 0 Å². The van der Waals surface area contributed by atoms with Crippen LogP contribution in [0.2, 0.25) is 0 Å². The van der Waals surface area contributed by atoms with Crippen LogP contribution in [-0.4, -0.2) is 36.1 Å². The second-order valence-corrected chi connectivity index (χ2v) is 6.10. The summed E-state index contributed by atoms with van der Waals surface area (Å²) in [5.41, 5.74) is 1.35. The van der Waals surface area contributed by atoms with Crippen molar-refractivity contribution < 1.29 is 4.74 Å². The Balaban J connectivity index is 1.95. The van der Waals surface area contributed by atoms with Crippen LogP contribution in [0, 0.1) is 3.57 Å². The van der Waals surface area contributed by atoms with Crippen molar-refractivity contribution >= 4 is 34.2 Å². The van der Waals surface area contributed by atoms with E-state index in [-0.39, 0.29) is 12.2 Å². The highest BCUT2D eigenvalue weighted by Crippen LogP contribution is 2.16. The molecule has 0 aliphatic carbocycles. The van der Waals surface area contributed by atoms with E-state index in [9.17, 15) is 0 Å². The van der Waals surface area contributed by atoms with E-state index >= 15 is 0 Å². The molecular formula is C13H17ClINO. The minimum absolute atomic E-state index is 0.171. The third kappa shape index (κ3) is 4.09. The molecule has 0 aromatic heterocycles. The SMILES string of the molecule is CC1CN(Cc2ccc(I)cc2)CC(CCl)O1. The lowest BCUT2D eigenvalue weighted by molar-refractivity contribution is -0.0688. The smallest absolute Gasteiger partial charge is 0.0841 e. The van der Waals surface area contributed by atoms with Gasteiger partial charge in [0.1, 0.15) is 0 Å². The van der Waals surface area contributed by atoms with E-state index < -0.39 is 0 Å². The predicted molar refractivity (Wildman–Crippen MR) is 79.5 cm³/mol. The number of hydrogen-bond donors (Lipinski definition) is 0. The highest BCUT2D eigenvalue weighted by molar-refractivity contribution is 14.1. The summed E-state index contributed by atoms with van der Waals surface area (Å²) in [4.78, 5) is 2.42. The molecule has 4 heteroatoms. The molecule has 0 saturated carbocycles. The summed E-state index contributed by atoms with van der Waals surface area (Å²) in [5.74, 6) is 0.577. The maximum Gasteiger partial charge on any atom is 0.0841 e. The molecule has 1 aliphatic heterocycles. The molecule has 0 bridgehead atoms. The maximum absolute atomic E-state index is 5.88. The summed E-state index contributed by atoms with van der Waals surface area (Å²) in [5, 5.41) is 0. The second-order valence-electron chi connectivity index (χ2n) is 4.54. The van der Waals surface area contributed by atoms with Gasteiger partial charge in [-0.25, -0.2) is 0 Å². The fraction of sp³-hybridized carbons (Fsp3) is 0.538. The molecule has 17 heavy (non-hydrogen) atoms. The van der Waals surface area contributed by atoms with Crippen LogP contribution < -0.4 is 0 Å². The summed E-state index contributed by atoms with van der Waals surface area (Å²) >= 11 is 8.21. The number of halogens is 2. The molecule has 0 spiro atoms. The van der Waals surface area contributed by atoms with Gasteiger partial charge in [-0.05, 0) is 47.2 Å². The van der Waals surface area contributed by atoms with Gasteiger partial charge in [-0.15, -0.1) is 11.6 Å². The van der Waals surface area contributed by atoms with Crippen molar-refractivity contribution in [2.75, 3.05) is 19.0 Å². The van der Waals surface area contributed by atoms with Crippen LogP contribution >= 0.6 is 34.2 Å². The zero-order valence-electron chi connectivity index (χ0n) is 9.90. The van der Waals surface area contributed by atoms with Crippen LogP contribution in [0.5, 0.6) is 0 Å². The average Bonchev–Trinajstić information content (AvgIpc) is 2.31. The van der Waals surface area contributed by atoms with Crippen molar-refractivity contribution in [3.05, 3.63) is 33.4 Å². The van der Waals surface area contributed by atoms with Crippen molar-refractivity contribution in [1.29, 1.82) is 0 Å². The number of morpholine rings is 1. The van der Waals surface area contributed by atoms with Gasteiger partial charge in [-0.3, -0.25) is 4.90 Å². The van der Waals surface area contributed by atoms with Gasteiger partial charge in [0, 0.05) is 29.1 Å². The summed E-state index contributed by atoms with van der Waals surface area (Å²) < 4.78 is 7.03. The third-order valence-electron chi connectivity index (χ3n) is 2.89. The van der Waals surface area contributed by atoms with E-state index in [1.165, 1.54) is 9.13 Å². The number of benzene rings is 1. The van der Waals surface area contributed by atoms with Crippen molar-refractivity contribution in [1.82, 2.24) is 4.90 Å². The molecule has 1 heterocycles. The second kappa shape index (κ2) is 6.36. The number of ether oxygens (including phenoxy) is 1. The van der Waals surface area contributed by atoms with Gasteiger partial charge in [0.05, 0.1) is 12.2 Å². The molecule has 0 radical (unpaired) electrons. The molecule has 2 rings (SSSR count). The summed E-state index contributed by atoms with van der Waals surface area (Å²) in [6.45, 7) is 5.01. The first-order valence-electron chi connectivity index (χ1n) is 5.85. The lowest BCUT2D eigenvalue weighted by atomic mass is 10.1. The molecule has 1 saturated heterocycles. The number of nitrogens with zero attached hydrogens (tertiary/aromatic N) is 1. The van der Waals surface area contributed by atoms with Crippen LogP contribution in [0.15, 0.2) is 24.3 Å². The average molecular weight is 366 g/mol. The lowest BCUT2D eigenvalue weighted by Gasteiger charge is -2.36. The van der Waals surface area contributed by atoms with Gasteiger partial charge in [-0.1, -0.05) is 12.1 Å². The molecule has 1 aromatic rings. The van der Waals surface area contributed by atoms with Crippen molar-refractivity contribution in [3.8, 4) is 0 Å². The lowest BCUT2D eigenvalue weighted by Crippen LogP contribution is -2.46. The Morgan fingerprint density at radius 2 is 2.06 bits per heavy atom. The van der Waals surface area contributed by atoms with Crippen molar-refractivity contribution in [2.45, 2.75) is 25.7 Å². The van der Waals surface area contributed by atoms with Gasteiger partial charge in [0.2, 0.25) is 0 Å². The Hall–Kier alpha value is 0.160. The molecule has 2 nitrogen and oxygen atoms in total. The topological polar surface area (TPSA) is 12.5 Å². The molecule has 0 amide bonds. The number of alkyl halides is 1. The molecule has 2 atom stereocenters. The van der Waals surface area contributed by atoms with Gasteiger partial charge in [0.15, 0.2) is 0 Å². The van der Waals surface area contributed by atoms with Crippen LogP contribution in [0.4, 0.5) is 0 Å². The van der Waals surface area contributed by atoms with E-state index in [0.717, 1.165) is 19.6 Å². The van der Waals surface area contributed by atoms with Crippen LogP contribution in [0.1, 0.15) is 12.5 Å². The fourth-order valence-electron chi connectivity index (χ4n) is 2.20. The van der Waals surface area contributed by atoms with Gasteiger partial charge in [0.25, 0.3) is 0 Å². The van der Waals surface area contributed by atoms with Crippen molar-refractivity contribution in [3.63, 3.8) is 0 Å². The standard InChI is InChI=1S/C13H17ClINO/c1-10-7-16(9-13(6-14)17-10)8-11-2-4-12(15)5-3-11/h2-5,10,13H,6-9H2,1H3. The van der Waals surface area contributed by atoms with Crippen LogP contribution in [0.3, 0.4) is 0 Å². The third-order valence-corrected chi connectivity index (χ3v) is 3.96. The van der Waals surface area contributed by atoms with E-state index in [1.807, 2.05) is 0 Å². The molecule has 1 aliphatic rings. The zero-order valence-corrected chi connectivity index (χ0v) is 12.8. The highest BCUT2D eigenvalue weighted by atomic mass is 127. The minimum Gasteiger partial charge on any atom is -0.371 e. The zero-order chi connectivity index (χ0) is 12.3. The Kier molecular flexibility index (Phi) is 5.09. The first-order valence-corrected chi connectivity index (χ1v) is 7.47. The normalized spacial score (nSPS) is 26.1. The van der Waals surface area contributed by atoms with Crippen molar-refractivity contribution in [2.24, 2.45) is 0 Å². The Bertz CT molecular complexity index is 357. The Morgan fingerprint density at radius 1 is 1.35 bits per heavy atom. The summed E-state index contributed by atoms with van der Waals surface area (Å²) in [6.07, 6.45) is 0.445. The highest BCUT2D eigenvalue weighted by Gasteiger charge is 2.24. The molecule has 94 valence electrons. The van der Waals surface area contributed by atoms with E-state index in [2.05, 4.69) is 58.7 Å². The van der Waals surface area contributed by atoms with Crippen LogP contribution in [-0.2, 0) is 11.3 Å². The van der Waals surface area contributed by atoms with E-state index in [4.69, 9.17) is 16.3 Å². The summed E-state index contributed by atoms with van der Waals surface area (Å²) in [7, 11) is 0. The maximum atomic E-state index is 5.88. The Morgan fingerprint density at radius 3 is 2.71 bits per heavy atom. The van der Waals surface area contributed by atoms with Gasteiger partial charge in [-0.2, -0.15) is 0 Å². The van der Waals surface area contributed by atoms with Gasteiger partial charge < -0.3 is 4.74 Å². The predicted octanol–water partition coefficient (Wildman–Crippen LogP) is 3.12. The summed E-state index contributed by atoms with van der Waals surface area (Å²) in [6, 6.07) is 8.69. The van der Waals surface area contributed by atoms with E-state index in [0.29, 0.717) is 5.88 Å². The van der Waals surface area contributed by atoms with Crippen LogP contribution in [0.25, 0.3) is 0 Å². The minimum atomic E-state index is 0.171. The quantitative estimate of drug-likeness (QED) is 0.603. The Labute approximate surface area is 121 Å². The molecule has 2 unspecified atom stereocenters. The first-order chi connectivity index (χ1) is 8.17. The molecule has 1 fully saturated rings. The molecular weight excluding hydrogens is 349 g/mol. The number of rotatable bonds is 3. The number of hydrogen-bond acceptors (Lipinski definition) is 2. The molecule has 1 aromatic carbocycles. The first kappa shape index (κ1) is 13.6. The fourth-order valence-corrected chi connectivity index (χ4v) is 2.73. The molecule has 0 N–H and O–H groups in total. The largest absolute Gasteiger partial charge is 0.371 e.